The Balaban J connectivity index is 1.91. The summed E-state index contributed by atoms with van der Waals surface area (Å²) in [6.45, 7) is 0.687. The monoisotopic (exact) mass is 434 g/mol. The molecule has 158 valence electrons. The summed E-state index contributed by atoms with van der Waals surface area (Å²) in [5.41, 5.74) is 2.72. The van der Waals surface area contributed by atoms with Crippen LogP contribution < -0.4 is 10.2 Å². The molecule has 2 heterocycles. The van der Waals surface area contributed by atoms with Gasteiger partial charge in [-0.3, -0.25) is 0 Å². The van der Waals surface area contributed by atoms with Gasteiger partial charge in [0.2, 0.25) is 0 Å². The lowest BCUT2D eigenvalue weighted by Crippen LogP contribution is -2.14. The van der Waals surface area contributed by atoms with Crippen LogP contribution in [0.3, 0.4) is 0 Å². The number of anilines is 2. The van der Waals surface area contributed by atoms with Crippen LogP contribution in [0.5, 0.6) is 0 Å². The molecule has 0 amide bonds. The maximum Gasteiger partial charge on any atom is 0.418 e. The van der Waals surface area contributed by atoms with E-state index >= 15 is 0 Å². The van der Waals surface area contributed by atoms with Crippen LogP contribution in [0.25, 0.3) is 16.9 Å². The van der Waals surface area contributed by atoms with E-state index in [9.17, 15) is 13.2 Å². The molecule has 2 aromatic carbocycles. The van der Waals surface area contributed by atoms with Gasteiger partial charge in [0.25, 0.3) is 0 Å². The highest BCUT2D eigenvalue weighted by Gasteiger charge is 2.36. The number of alkyl halides is 3. The van der Waals surface area contributed by atoms with Crippen molar-refractivity contribution in [3.05, 3.63) is 58.6 Å². The van der Waals surface area contributed by atoms with E-state index in [0.717, 1.165) is 42.1 Å². The van der Waals surface area contributed by atoms with E-state index < -0.39 is 11.7 Å². The Bertz CT molecular complexity index is 1060. The molecule has 0 aliphatic carbocycles. The first kappa shape index (κ1) is 20.6. The molecule has 0 radical (unpaired) electrons. The molecule has 0 saturated carbocycles. The summed E-state index contributed by atoms with van der Waals surface area (Å²) >= 11 is 5.87. The lowest BCUT2D eigenvalue weighted by atomic mass is 10.0. The third kappa shape index (κ3) is 3.86. The van der Waals surface area contributed by atoms with Gasteiger partial charge in [0.15, 0.2) is 0 Å². The molecule has 0 atom stereocenters. The SMILES string of the molecule is CN(C)c1ccc(-c2nn(-c3ccc(Cl)cc3C(F)(F)F)c3c2CCCCN3)cc1. The van der Waals surface area contributed by atoms with E-state index in [1.54, 1.807) is 0 Å². The first-order valence-corrected chi connectivity index (χ1v) is 10.1. The standard InChI is InChI=1S/C22H22ClF3N4/c1-29(2)16-9-6-14(7-10-16)20-17-5-3-4-12-27-21(17)30(28-20)19-11-8-15(23)13-18(19)22(24,25)26/h6-11,13,27H,3-5,12H2,1-2H3. The van der Waals surface area contributed by atoms with E-state index in [4.69, 9.17) is 11.6 Å². The summed E-state index contributed by atoms with van der Waals surface area (Å²) in [4.78, 5) is 1.99. The zero-order valence-corrected chi connectivity index (χ0v) is 17.5. The number of hydrogen-bond donors (Lipinski definition) is 1. The van der Waals surface area contributed by atoms with Crippen LogP contribution in [0, 0.1) is 0 Å². The van der Waals surface area contributed by atoms with E-state index in [2.05, 4.69) is 10.4 Å². The molecule has 0 unspecified atom stereocenters. The zero-order chi connectivity index (χ0) is 21.5. The average Bonchev–Trinajstić information content (AvgIpc) is 2.88. The molecule has 30 heavy (non-hydrogen) atoms. The lowest BCUT2D eigenvalue weighted by molar-refractivity contribution is -0.137. The summed E-state index contributed by atoms with van der Waals surface area (Å²) in [5.74, 6) is 0.618. The van der Waals surface area contributed by atoms with Crippen molar-refractivity contribution in [2.24, 2.45) is 0 Å². The topological polar surface area (TPSA) is 33.1 Å². The third-order valence-corrected chi connectivity index (χ3v) is 5.51. The van der Waals surface area contributed by atoms with E-state index in [0.29, 0.717) is 18.1 Å². The number of aromatic nitrogens is 2. The van der Waals surface area contributed by atoms with Gasteiger partial charge in [-0.1, -0.05) is 23.7 Å². The minimum atomic E-state index is -4.54. The molecule has 8 heteroatoms. The van der Waals surface area contributed by atoms with Crippen molar-refractivity contribution in [1.82, 2.24) is 9.78 Å². The largest absolute Gasteiger partial charge is 0.418 e. The summed E-state index contributed by atoms with van der Waals surface area (Å²) in [5, 5.41) is 7.99. The van der Waals surface area contributed by atoms with Crippen LogP contribution in [0.2, 0.25) is 5.02 Å². The number of nitrogens with zero attached hydrogens (tertiary/aromatic N) is 3. The Kier molecular flexibility index (Phi) is 5.40. The molecule has 1 N–H and O–H groups in total. The van der Waals surface area contributed by atoms with Crippen LogP contribution in [-0.4, -0.2) is 30.4 Å². The highest BCUT2D eigenvalue weighted by atomic mass is 35.5. The number of hydrogen-bond acceptors (Lipinski definition) is 3. The second-order valence-electron chi connectivity index (χ2n) is 7.57. The molecule has 4 rings (SSSR count). The maximum absolute atomic E-state index is 13.8. The van der Waals surface area contributed by atoms with Crippen molar-refractivity contribution < 1.29 is 13.2 Å². The second kappa shape index (κ2) is 7.87. The first-order valence-electron chi connectivity index (χ1n) is 9.76. The van der Waals surface area contributed by atoms with Gasteiger partial charge in [0, 0.05) is 42.5 Å². The quantitative estimate of drug-likeness (QED) is 0.546. The summed E-state index contributed by atoms with van der Waals surface area (Å²) in [6, 6.07) is 11.7. The molecule has 1 aromatic heterocycles. The second-order valence-corrected chi connectivity index (χ2v) is 8.01. The molecule has 1 aliphatic rings. The van der Waals surface area contributed by atoms with Crippen molar-refractivity contribution in [3.63, 3.8) is 0 Å². The average molecular weight is 435 g/mol. The molecule has 1 aliphatic heterocycles. The molecular formula is C22H22ClF3N4. The molecule has 0 spiro atoms. The Morgan fingerprint density at radius 2 is 1.80 bits per heavy atom. The van der Waals surface area contributed by atoms with Crippen molar-refractivity contribution >= 4 is 23.1 Å². The van der Waals surface area contributed by atoms with Crippen molar-refractivity contribution in [1.29, 1.82) is 0 Å². The summed E-state index contributed by atoms with van der Waals surface area (Å²) < 4.78 is 42.6. The van der Waals surface area contributed by atoms with Gasteiger partial charge in [-0.25, -0.2) is 4.68 Å². The van der Waals surface area contributed by atoms with E-state index in [1.165, 1.54) is 16.8 Å². The minimum absolute atomic E-state index is 0.0336. The van der Waals surface area contributed by atoms with Crippen molar-refractivity contribution in [2.45, 2.75) is 25.4 Å². The Morgan fingerprint density at radius 3 is 2.47 bits per heavy atom. The molecule has 3 aromatic rings. The van der Waals surface area contributed by atoms with Crippen LogP contribution in [0.4, 0.5) is 24.7 Å². The van der Waals surface area contributed by atoms with Gasteiger partial charge >= 0.3 is 6.18 Å². The van der Waals surface area contributed by atoms with Gasteiger partial charge in [-0.15, -0.1) is 0 Å². The number of rotatable bonds is 3. The summed E-state index contributed by atoms with van der Waals surface area (Å²) in [6.07, 6.45) is -1.90. The highest BCUT2D eigenvalue weighted by Crippen LogP contribution is 2.40. The first-order chi connectivity index (χ1) is 14.3. The van der Waals surface area contributed by atoms with Crippen LogP contribution >= 0.6 is 11.6 Å². The van der Waals surface area contributed by atoms with Gasteiger partial charge in [0.1, 0.15) is 5.82 Å². The lowest BCUT2D eigenvalue weighted by Gasteiger charge is -2.16. The number of halogens is 4. The van der Waals surface area contributed by atoms with E-state index in [1.807, 2.05) is 43.3 Å². The maximum atomic E-state index is 13.8. The normalized spacial score (nSPS) is 14.1. The molecule has 0 fully saturated rings. The van der Waals surface area contributed by atoms with Crippen LogP contribution in [0.1, 0.15) is 24.0 Å². The number of nitrogens with one attached hydrogen (secondary N) is 1. The number of benzene rings is 2. The molecule has 0 bridgehead atoms. The predicted octanol–water partition coefficient (Wildman–Crippen LogP) is 6.03. The van der Waals surface area contributed by atoms with Gasteiger partial charge in [0.05, 0.1) is 16.9 Å². The fourth-order valence-electron chi connectivity index (χ4n) is 3.75. The Labute approximate surface area is 178 Å². The Hall–Kier alpha value is -2.67. The van der Waals surface area contributed by atoms with Crippen molar-refractivity contribution in [3.8, 4) is 16.9 Å². The van der Waals surface area contributed by atoms with E-state index in [-0.39, 0.29) is 10.7 Å². The molecule has 4 nitrogen and oxygen atoms in total. The zero-order valence-electron chi connectivity index (χ0n) is 16.7. The minimum Gasteiger partial charge on any atom is -0.378 e. The van der Waals surface area contributed by atoms with Crippen LogP contribution in [-0.2, 0) is 12.6 Å². The van der Waals surface area contributed by atoms with Gasteiger partial charge in [-0.2, -0.15) is 18.3 Å². The highest BCUT2D eigenvalue weighted by molar-refractivity contribution is 6.30. The summed E-state index contributed by atoms with van der Waals surface area (Å²) in [7, 11) is 3.91. The molecular weight excluding hydrogens is 413 g/mol. The van der Waals surface area contributed by atoms with Crippen LogP contribution in [0.15, 0.2) is 42.5 Å². The fraction of sp³-hybridized carbons (Fsp3) is 0.318. The smallest absolute Gasteiger partial charge is 0.378 e. The fourth-order valence-corrected chi connectivity index (χ4v) is 3.92. The molecule has 0 saturated heterocycles. The predicted molar refractivity (Wildman–Crippen MR) is 115 cm³/mol. The van der Waals surface area contributed by atoms with Gasteiger partial charge < -0.3 is 10.2 Å². The van der Waals surface area contributed by atoms with Crippen molar-refractivity contribution in [2.75, 3.05) is 30.9 Å². The van der Waals surface area contributed by atoms with Gasteiger partial charge in [-0.05, 0) is 49.6 Å². The number of fused-ring (bicyclic) bond motifs is 1. The Morgan fingerprint density at radius 1 is 1.07 bits per heavy atom. The third-order valence-electron chi connectivity index (χ3n) is 5.28.